The second-order valence-electron chi connectivity index (χ2n) is 3.90. The van der Waals surface area contributed by atoms with Gasteiger partial charge in [0.2, 0.25) is 0 Å². The molecule has 1 saturated heterocycles. The van der Waals surface area contributed by atoms with Crippen LogP contribution in [-0.2, 0) is 0 Å². The molecular formula is C12H13BrINOS2. The number of benzene rings is 1. The quantitative estimate of drug-likeness (QED) is 0.702. The fourth-order valence-corrected chi connectivity index (χ4v) is 5.16. The van der Waals surface area contributed by atoms with Gasteiger partial charge in [-0.2, -0.15) is 23.5 Å². The van der Waals surface area contributed by atoms with Gasteiger partial charge in [-0.05, 0) is 56.7 Å². The Kier molecular flexibility index (Phi) is 6.17. The van der Waals surface area contributed by atoms with Crippen LogP contribution in [0.2, 0.25) is 0 Å². The van der Waals surface area contributed by atoms with Crippen LogP contribution in [0.4, 0.5) is 0 Å². The number of carbonyl (C=O) groups excluding carboxylic acids is 1. The summed E-state index contributed by atoms with van der Waals surface area (Å²) in [5.74, 6) is 3.57. The standard InChI is InChI=1S/C12H13BrINOS2/c13-11-2-1-8(14)5-10(11)12(16)15-6-9-7-17-3-4-18-9/h1-2,5,9H,3-4,6-7H2,(H,15,16). The maximum absolute atomic E-state index is 12.1. The van der Waals surface area contributed by atoms with Crippen LogP contribution in [0.5, 0.6) is 0 Å². The molecule has 1 aromatic rings. The van der Waals surface area contributed by atoms with Crippen LogP contribution in [0.1, 0.15) is 10.4 Å². The second kappa shape index (κ2) is 7.40. The third-order valence-electron chi connectivity index (χ3n) is 2.55. The molecule has 0 radical (unpaired) electrons. The third-order valence-corrected chi connectivity index (χ3v) is 6.76. The molecule has 1 aliphatic rings. The molecule has 18 heavy (non-hydrogen) atoms. The van der Waals surface area contributed by atoms with Gasteiger partial charge < -0.3 is 5.32 Å². The summed E-state index contributed by atoms with van der Waals surface area (Å²) in [6, 6.07) is 5.81. The lowest BCUT2D eigenvalue weighted by Gasteiger charge is -2.21. The first-order valence-electron chi connectivity index (χ1n) is 5.59. The maximum atomic E-state index is 12.1. The zero-order valence-corrected chi connectivity index (χ0v) is 15.0. The second-order valence-corrected chi connectivity index (χ2v) is 8.56. The first kappa shape index (κ1) is 15.0. The van der Waals surface area contributed by atoms with Crippen LogP contribution in [0.3, 0.4) is 0 Å². The van der Waals surface area contributed by atoms with E-state index in [4.69, 9.17) is 0 Å². The molecule has 1 atom stereocenters. The number of hydrogen-bond acceptors (Lipinski definition) is 3. The highest BCUT2D eigenvalue weighted by molar-refractivity contribution is 14.1. The molecule has 0 spiro atoms. The van der Waals surface area contributed by atoms with Gasteiger partial charge in [-0.1, -0.05) is 0 Å². The Morgan fingerprint density at radius 3 is 3.06 bits per heavy atom. The molecule has 1 fully saturated rings. The fourth-order valence-electron chi connectivity index (χ4n) is 1.63. The van der Waals surface area contributed by atoms with Crippen molar-refractivity contribution >= 4 is 68.0 Å². The van der Waals surface area contributed by atoms with E-state index in [9.17, 15) is 4.79 Å². The lowest BCUT2D eigenvalue weighted by molar-refractivity contribution is 0.0953. The van der Waals surface area contributed by atoms with E-state index >= 15 is 0 Å². The van der Waals surface area contributed by atoms with Gasteiger partial charge in [0.1, 0.15) is 0 Å². The summed E-state index contributed by atoms with van der Waals surface area (Å²) >= 11 is 9.57. The zero-order valence-electron chi connectivity index (χ0n) is 9.62. The summed E-state index contributed by atoms with van der Waals surface area (Å²) < 4.78 is 1.93. The van der Waals surface area contributed by atoms with Crippen molar-refractivity contribution in [1.82, 2.24) is 5.32 Å². The molecule has 1 heterocycles. The van der Waals surface area contributed by atoms with Crippen molar-refractivity contribution in [1.29, 1.82) is 0 Å². The molecule has 1 aromatic carbocycles. The highest BCUT2D eigenvalue weighted by Crippen LogP contribution is 2.24. The predicted octanol–water partition coefficient (Wildman–Crippen LogP) is 3.63. The van der Waals surface area contributed by atoms with Crippen molar-refractivity contribution in [3.63, 3.8) is 0 Å². The first-order chi connectivity index (χ1) is 8.66. The molecule has 0 aliphatic carbocycles. The number of hydrogen-bond donors (Lipinski definition) is 1. The molecule has 6 heteroatoms. The Morgan fingerprint density at radius 1 is 1.50 bits per heavy atom. The van der Waals surface area contributed by atoms with Crippen LogP contribution < -0.4 is 5.32 Å². The molecule has 1 unspecified atom stereocenters. The van der Waals surface area contributed by atoms with E-state index in [0.29, 0.717) is 5.25 Å². The molecule has 1 aliphatic heterocycles. The minimum atomic E-state index is 0.0107. The minimum absolute atomic E-state index is 0.0107. The fraction of sp³-hybridized carbons (Fsp3) is 0.417. The average Bonchev–Trinajstić information content (AvgIpc) is 2.40. The van der Waals surface area contributed by atoms with E-state index in [0.717, 1.165) is 25.9 Å². The van der Waals surface area contributed by atoms with Gasteiger partial charge in [-0.15, -0.1) is 0 Å². The average molecular weight is 458 g/mol. The van der Waals surface area contributed by atoms with Crippen LogP contribution in [0.25, 0.3) is 0 Å². The van der Waals surface area contributed by atoms with Gasteiger partial charge in [0.15, 0.2) is 0 Å². The Labute approximate surface area is 138 Å². The van der Waals surface area contributed by atoms with Crippen LogP contribution in [0, 0.1) is 3.57 Å². The molecule has 2 rings (SSSR count). The molecule has 0 aromatic heterocycles. The first-order valence-corrected chi connectivity index (χ1v) is 9.67. The Balaban J connectivity index is 1.92. The highest BCUT2D eigenvalue weighted by Gasteiger charge is 2.16. The lowest BCUT2D eigenvalue weighted by Crippen LogP contribution is -2.33. The van der Waals surface area contributed by atoms with E-state index in [1.165, 1.54) is 11.5 Å². The topological polar surface area (TPSA) is 29.1 Å². The molecule has 0 saturated carbocycles. The van der Waals surface area contributed by atoms with Gasteiger partial charge in [0, 0.05) is 37.1 Å². The lowest BCUT2D eigenvalue weighted by atomic mass is 10.2. The van der Waals surface area contributed by atoms with Crippen molar-refractivity contribution in [3.05, 3.63) is 31.8 Å². The largest absolute Gasteiger partial charge is 0.351 e. The molecule has 1 amide bonds. The Morgan fingerprint density at radius 2 is 2.33 bits per heavy atom. The van der Waals surface area contributed by atoms with Crippen molar-refractivity contribution in [2.24, 2.45) is 0 Å². The van der Waals surface area contributed by atoms with E-state index in [-0.39, 0.29) is 5.91 Å². The van der Waals surface area contributed by atoms with Crippen molar-refractivity contribution in [2.75, 3.05) is 23.8 Å². The number of rotatable bonds is 3. The van der Waals surface area contributed by atoms with Gasteiger partial charge in [0.25, 0.3) is 5.91 Å². The van der Waals surface area contributed by atoms with Crippen LogP contribution in [0.15, 0.2) is 22.7 Å². The summed E-state index contributed by atoms with van der Waals surface area (Å²) in [4.78, 5) is 12.1. The summed E-state index contributed by atoms with van der Waals surface area (Å²) in [5.41, 5.74) is 0.718. The summed E-state index contributed by atoms with van der Waals surface area (Å²) in [7, 11) is 0. The van der Waals surface area contributed by atoms with Crippen molar-refractivity contribution in [3.8, 4) is 0 Å². The van der Waals surface area contributed by atoms with Gasteiger partial charge in [-0.25, -0.2) is 0 Å². The molecule has 1 N–H and O–H groups in total. The predicted molar refractivity (Wildman–Crippen MR) is 92.8 cm³/mol. The van der Waals surface area contributed by atoms with E-state index in [1.807, 2.05) is 41.7 Å². The summed E-state index contributed by atoms with van der Waals surface area (Å²) in [6.45, 7) is 0.758. The van der Waals surface area contributed by atoms with E-state index in [1.54, 1.807) is 0 Å². The zero-order chi connectivity index (χ0) is 13.0. The number of amides is 1. The SMILES string of the molecule is O=C(NCC1CSCCS1)c1cc(I)ccc1Br. The smallest absolute Gasteiger partial charge is 0.252 e. The number of nitrogens with one attached hydrogen (secondary N) is 1. The van der Waals surface area contributed by atoms with E-state index < -0.39 is 0 Å². The van der Waals surface area contributed by atoms with Crippen LogP contribution >= 0.6 is 62.0 Å². The van der Waals surface area contributed by atoms with Crippen LogP contribution in [-0.4, -0.2) is 35.0 Å². The molecular weight excluding hydrogens is 445 g/mol. The molecule has 0 bridgehead atoms. The summed E-state index contributed by atoms with van der Waals surface area (Å²) in [5, 5.41) is 3.58. The molecule has 2 nitrogen and oxygen atoms in total. The highest BCUT2D eigenvalue weighted by atomic mass is 127. The van der Waals surface area contributed by atoms with Gasteiger partial charge >= 0.3 is 0 Å². The van der Waals surface area contributed by atoms with Gasteiger partial charge in [-0.3, -0.25) is 4.79 Å². The summed E-state index contributed by atoms with van der Waals surface area (Å²) in [6.07, 6.45) is 0. The number of carbonyl (C=O) groups is 1. The maximum Gasteiger partial charge on any atom is 0.252 e. The Bertz CT molecular complexity index is 438. The van der Waals surface area contributed by atoms with E-state index in [2.05, 4.69) is 43.8 Å². The number of thioether (sulfide) groups is 2. The van der Waals surface area contributed by atoms with Crippen molar-refractivity contribution in [2.45, 2.75) is 5.25 Å². The third kappa shape index (κ3) is 4.31. The normalized spacial score (nSPS) is 19.6. The van der Waals surface area contributed by atoms with Gasteiger partial charge in [0.05, 0.1) is 5.56 Å². The molecule has 98 valence electrons. The number of halogens is 2. The monoisotopic (exact) mass is 457 g/mol. The van der Waals surface area contributed by atoms with Crippen molar-refractivity contribution < 1.29 is 4.79 Å². The Hall–Kier alpha value is 0.600. The minimum Gasteiger partial charge on any atom is -0.351 e.